The summed E-state index contributed by atoms with van der Waals surface area (Å²) in [4.78, 5) is 10.8. The third kappa shape index (κ3) is 2.37. The normalized spacial score (nSPS) is 24.0. The van der Waals surface area contributed by atoms with Gasteiger partial charge in [-0.15, -0.1) is 0 Å². The molecule has 1 aromatic heterocycles. The van der Waals surface area contributed by atoms with Crippen molar-refractivity contribution in [2.45, 2.75) is 19.4 Å². The number of nitrogens with zero attached hydrogens (tertiary/aromatic N) is 3. The van der Waals surface area contributed by atoms with Crippen LogP contribution in [0.1, 0.15) is 19.0 Å². The van der Waals surface area contributed by atoms with E-state index < -0.39 is 0 Å². The fourth-order valence-electron chi connectivity index (χ4n) is 2.16. The Bertz CT molecular complexity index is 426. The molecule has 2 rings (SSSR count). The lowest BCUT2D eigenvalue weighted by Crippen LogP contribution is -2.36. The standard InChI is InChI=1S/C11H16N4OS/c1-7-3-5-15(9(7)6-16)11-13-4-2-8(14-11)10(12)17/h2,4,7,9,16H,3,5-6H2,1H3,(H2,12,17). The Labute approximate surface area is 106 Å². The summed E-state index contributed by atoms with van der Waals surface area (Å²) in [6.07, 6.45) is 2.68. The smallest absolute Gasteiger partial charge is 0.226 e. The molecule has 2 heterocycles. The minimum absolute atomic E-state index is 0.0802. The molecule has 0 radical (unpaired) electrons. The van der Waals surface area contributed by atoms with Crippen LogP contribution in [0.2, 0.25) is 0 Å². The molecule has 2 atom stereocenters. The van der Waals surface area contributed by atoms with Gasteiger partial charge in [-0.3, -0.25) is 0 Å². The number of hydrogen-bond acceptors (Lipinski definition) is 5. The van der Waals surface area contributed by atoms with Crippen LogP contribution in [0.5, 0.6) is 0 Å². The molecular weight excluding hydrogens is 236 g/mol. The van der Waals surface area contributed by atoms with Crippen LogP contribution >= 0.6 is 12.2 Å². The molecule has 0 aliphatic carbocycles. The number of anilines is 1. The quantitative estimate of drug-likeness (QED) is 0.755. The van der Waals surface area contributed by atoms with E-state index in [-0.39, 0.29) is 17.6 Å². The zero-order chi connectivity index (χ0) is 12.4. The Kier molecular flexibility index (Phi) is 3.54. The van der Waals surface area contributed by atoms with Gasteiger partial charge in [0.1, 0.15) is 10.7 Å². The third-order valence-corrected chi connectivity index (χ3v) is 3.43. The molecule has 1 aliphatic rings. The summed E-state index contributed by atoms with van der Waals surface area (Å²) in [6, 6.07) is 1.77. The Morgan fingerprint density at radius 3 is 3.12 bits per heavy atom. The predicted octanol–water partition coefficient (Wildman–Crippen LogP) is 0.318. The first-order valence-electron chi connectivity index (χ1n) is 5.64. The molecule has 17 heavy (non-hydrogen) atoms. The van der Waals surface area contributed by atoms with Gasteiger partial charge in [-0.05, 0) is 18.4 Å². The van der Waals surface area contributed by atoms with Crippen LogP contribution in [-0.2, 0) is 0 Å². The van der Waals surface area contributed by atoms with Crippen molar-refractivity contribution in [1.82, 2.24) is 9.97 Å². The van der Waals surface area contributed by atoms with Crippen molar-refractivity contribution < 1.29 is 5.11 Å². The van der Waals surface area contributed by atoms with Gasteiger partial charge in [-0.25, -0.2) is 9.97 Å². The van der Waals surface area contributed by atoms with Crippen LogP contribution < -0.4 is 10.6 Å². The van der Waals surface area contributed by atoms with Gasteiger partial charge in [0.25, 0.3) is 0 Å². The van der Waals surface area contributed by atoms with Crippen molar-refractivity contribution in [3.8, 4) is 0 Å². The molecule has 2 unspecified atom stereocenters. The van der Waals surface area contributed by atoms with E-state index in [1.807, 2.05) is 4.90 Å². The maximum atomic E-state index is 9.40. The molecule has 1 fully saturated rings. The summed E-state index contributed by atoms with van der Waals surface area (Å²) >= 11 is 4.90. The topological polar surface area (TPSA) is 75.3 Å². The summed E-state index contributed by atoms with van der Waals surface area (Å²) in [5.41, 5.74) is 6.12. The molecule has 0 spiro atoms. The van der Waals surface area contributed by atoms with E-state index in [1.165, 1.54) is 0 Å². The first kappa shape index (κ1) is 12.2. The molecule has 6 heteroatoms. The van der Waals surface area contributed by atoms with E-state index in [9.17, 15) is 5.11 Å². The number of nitrogens with two attached hydrogens (primary N) is 1. The first-order valence-corrected chi connectivity index (χ1v) is 6.04. The fourth-order valence-corrected chi connectivity index (χ4v) is 2.27. The second-order valence-corrected chi connectivity index (χ2v) is 4.76. The highest BCUT2D eigenvalue weighted by atomic mass is 32.1. The van der Waals surface area contributed by atoms with Crippen molar-refractivity contribution in [1.29, 1.82) is 0 Å². The van der Waals surface area contributed by atoms with Crippen molar-refractivity contribution >= 4 is 23.2 Å². The lowest BCUT2D eigenvalue weighted by molar-refractivity contribution is 0.244. The molecule has 0 amide bonds. The zero-order valence-corrected chi connectivity index (χ0v) is 10.5. The van der Waals surface area contributed by atoms with Crippen LogP contribution in [0.3, 0.4) is 0 Å². The monoisotopic (exact) mass is 252 g/mol. The van der Waals surface area contributed by atoms with Gasteiger partial charge in [0, 0.05) is 12.7 Å². The summed E-state index contributed by atoms with van der Waals surface area (Å²) in [5, 5.41) is 9.40. The van der Waals surface area contributed by atoms with Crippen LogP contribution in [0.25, 0.3) is 0 Å². The highest BCUT2D eigenvalue weighted by Crippen LogP contribution is 2.26. The van der Waals surface area contributed by atoms with E-state index in [2.05, 4.69) is 16.9 Å². The molecule has 92 valence electrons. The molecule has 1 aliphatic heterocycles. The van der Waals surface area contributed by atoms with Crippen LogP contribution in [0.4, 0.5) is 5.95 Å². The summed E-state index contributed by atoms with van der Waals surface area (Å²) in [6.45, 7) is 3.09. The lowest BCUT2D eigenvalue weighted by atomic mass is 10.0. The van der Waals surface area contributed by atoms with Crippen LogP contribution in [-0.4, -0.2) is 39.3 Å². The van der Waals surface area contributed by atoms with Gasteiger partial charge in [-0.1, -0.05) is 19.1 Å². The summed E-state index contributed by atoms with van der Waals surface area (Å²) in [5.74, 6) is 1.04. The third-order valence-electron chi connectivity index (χ3n) is 3.22. The SMILES string of the molecule is CC1CCN(c2nccc(C(N)=S)n2)C1CO. The second kappa shape index (κ2) is 4.93. The van der Waals surface area contributed by atoms with Crippen molar-refractivity contribution in [2.75, 3.05) is 18.1 Å². The minimum Gasteiger partial charge on any atom is -0.394 e. The predicted molar refractivity (Wildman–Crippen MR) is 69.9 cm³/mol. The Hall–Kier alpha value is -1.27. The van der Waals surface area contributed by atoms with E-state index in [4.69, 9.17) is 18.0 Å². The Morgan fingerprint density at radius 1 is 1.71 bits per heavy atom. The highest BCUT2D eigenvalue weighted by Gasteiger charge is 2.32. The Balaban J connectivity index is 2.28. The molecule has 0 bridgehead atoms. The number of rotatable bonds is 3. The van der Waals surface area contributed by atoms with Gasteiger partial charge < -0.3 is 15.7 Å². The van der Waals surface area contributed by atoms with Crippen molar-refractivity contribution in [3.05, 3.63) is 18.0 Å². The highest BCUT2D eigenvalue weighted by molar-refractivity contribution is 7.80. The van der Waals surface area contributed by atoms with Crippen molar-refractivity contribution in [2.24, 2.45) is 11.7 Å². The van der Waals surface area contributed by atoms with Crippen LogP contribution in [0, 0.1) is 5.92 Å². The number of aliphatic hydroxyl groups is 1. The molecule has 1 aromatic rings. The van der Waals surface area contributed by atoms with Gasteiger partial charge in [0.15, 0.2) is 0 Å². The Morgan fingerprint density at radius 2 is 2.47 bits per heavy atom. The maximum absolute atomic E-state index is 9.40. The number of aromatic nitrogens is 2. The van der Waals surface area contributed by atoms with E-state index in [0.717, 1.165) is 13.0 Å². The van der Waals surface area contributed by atoms with Gasteiger partial charge in [0.2, 0.25) is 5.95 Å². The first-order chi connectivity index (χ1) is 8.13. The number of thiocarbonyl (C=S) groups is 1. The van der Waals surface area contributed by atoms with Gasteiger partial charge >= 0.3 is 0 Å². The second-order valence-electron chi connectivity index (χ2n) is 4.32. The van der Waals surface area contributed by atoms with Crippen molar-refractivity contribution in [3.63, 3.8) is 0 Å². The van der Waals surface area contributed by atoms with Gasteiger partial charge in [-0.2, -0.15) is 0 Å². The molecule has 1 saturated heterocycles. The fraction of sp³-hybridized carbons (Fsp3) is 0.545. The summed E-state index contributed by atoms with van der Waals surface area (Å²) < 4.78 is 0. The van der Waals surface area contributed by atoms with E-state index >= 15 is 0 Å². The maximum Gasteiger partial charge on any atom is 0.226 e. The van der Waals surface area contributed by atoms with Crippen LogP contribution in [0.15, 0.2) is 12.3 Å². The molecule has 0 aromatic carbocycles. The molecule has 3 N–H and O–H groups in total. The number of aliphatic hydroxyl groups excluding tert-OH is 1. The van der Waals surface area contributed by atoms with Gasteiger partial charge in [0.05, 0.1) is 12.6 Å². The molecule has 0 saturated carbocycles. The molecular formula is C11H16N4OS. The van der Waals surface area contributed by atoms with E-state index in [1.54, 1.807) is 12.3 Å². The van der Waals surface area contributed by atoms with E-state index in [0.29, 0.717) is 17.6 Å². The number of hydrogen-bond donors (Lipinski definition) is 2. The molecule has 5 nitrogen and oxygen atoms in total. The largest absolute Gasteiger partial charge is 0.394 e. The average molecular weight is 252 g/mol. The zero-order valence-electron chi connectivity index (χ0n) is 9.71. The lowest BCUT2D eigenvalue weighted by Gasteiger charge is -2.25. The average Bonchev–Trinajstić information content (AvgIpc) is 2.70. The minimum atomic E-state index is 0.0802. The summed E-state index contributed by atoms with van der Waals surface area (Å²) in [7, 11) is 0.